The fourth-order valence-corrected chi connectivity index (χ4v) is 4.45. The average molecular weight is 477 g/mol. The van der Waals surface area contributed by atoms with Gasteiger partial charge in [0.2, 0.25) is 11.9 Å². The number of nitrogens with one attached hydrogen (secondary N) is 2. The molecule has 10 heteroatoms. The summed E-state index contributed by atoms with van der Waals surface area (Å²) in [6, 6.07) is 13.8. The molecule has 0 aliphatic heterocycles. The summed E-state index contributed by atoms with van der Waals surface area (Å²) in [5, 5.41) is 15.7. The average Bonchev–Trinajstić information content (AvgIpc) is 3.23. The van der Waals surface area contributed by atoms with Crippen LogP contribution in [0.15, 0.2) is 54.7 Å². The van der Waals surface area contributed by atoms with Gasteiger partial charge in [0.25, 0.3) is 0 Å². The molecule has 0 bridgehead atoms. The first-order chi connectivity index (χ1) is 17.0. The minimum atomic E-state index is -0.767. The van der Waals surface area contributed by atoms with E-state index in [9.17, 15) is 14.3 Å². The largest absolute Gasteiger partial charge is 0.497 e. The van der Waals surface area contributed by atoms with Gasteiger partial charge >= 0.3 is 5.97 Å². The highest BCUT2D eigenvalue weighted by atomic mass is 19.1. The number of anilines is 4. The van der Waals surface area contributed by atoms with Crippen molar-refractivity contribution in [2.45, 2.75) is 31.7 Å². The number of fused-ring (bicyclic) bond motifs is 1. The standard InChI is InChI=1S/C25H25FN6O3/c1-35-18-12-8-16(9-13-18)28-24-27-14-21-22(31-24)32(17-10-6-15(7-11-17)23(33)34)25(30-21)29-20-5-3-2-4-19(20)26/h2-5,8-9,12-15,17H,6-7,10-11H2,1H3,(H,29,30)(H,33,34)(H,27,28,31). The molecule has 2 aromatic carbocycles. The van der Waals surface area contributed by atoms with Gasteiger partial charge in [0.15, 0.2) is 5.65 Å². The van der Waals surface area contributed by atoms with Crippen molar-refractivity contribution in [2.24, 2.45) is 5.92 Å². The van der Waals surface area contributed by atoms with Crippen molar-refractivity contribution in [1.29, 1.82) is 0 Å². The zero-order chi connectivity index (χ0) is 24.4. The number of imidazole rings is 1. The molecule has 0 unspecified atom stereocenters. The summed E-state index contributed by atoms with van der Waals surface area (Å²) >= 11 is 0. The fourth-order valence-electron chi connectivity index (χ4n) is 4.45. The van der Waals surface area contributed by atoms with Crippen LogP contribution < -0.4 is 15.4 Å². The fraction of sp³-hybridized carbons (Fsp3) is 0.280. The Bertz CT molecular complexity index is 1350. The van der Waals surface area contributed by atoms with E-state index in [1.54, 1.807) is 31.5 Å². The summed E-state index contributed by atoms with van der Waals surface area (Å²) in [5.41, 5.74) is 2.24. The number of para-hydroxylation sites is 1. The molecule has 1 aliphatic rings. The Kier molecular flexibility index (Phi) is 6.17. The van der Waals surface area contributed by atoms with Gasteiger partial charge < -0.3 is 20.5 Å². The van der Waals surface area contributed by atoms with Gasteiger partial charge in [-0.05, 0) is 62.1 Å². The molecule has 2 heterocycles. The number of aromatic nitrogens is 4. The number of benzene rings is 2. The van der Waals surface area contributed by atoms with Crippen LogP contribution in [0.2, 0.25) is 0 Å². The molecule has 1 aliphatic carbocycles. The molecule has 5 rings (SSSR count). The predicted octanol–water partition coefficient (Wildman–Crippen LogP) is 5.28. The number of carboxylic acid groups (broad SMARTS) is 1. The van der Waals surface area contributed by atoms with Gasteiger partial charge in [-0.25, -0.2) is 14.4 Å². The van der Waals surface area contributed by atoms with E-state index in [0.717, 1.165) is 11.4 Å². The number of halogens is 1. The van der Waals surface area contributed by atoms with Crippen LogP contribution in [-0.2, 0) is 4.79 Å². The number of ether oxygens (including phenoxy) is 1. The van der Waals surface area contributed by atoms with Gasteiger partial charge in [-0.15, -0.1) is 0 Å². The Morgan fingerprint density at radius 1 is 1.06 bits per heavy atom. The zero-order valence-corrected chi connectivity index (χ0v) is 19.1. The lowest BCUT2D eigenvalue weighted by atomic mass is 9.86. The van der Waals surface area contributed by atoms with E-state index >= 15 is 0 Å². The Hall–Kier alpha value is -4.21. The third kappa shape index (κ3) is 4.72. The van der Waals surface area contributed by atoms with Crippen molar-refractivity contribution in [3.05, 3.63) is 60.5 Å². The van der Waals surface area contributed by atoms with Crippen LogP contribution in [0.25, 0.3) is 11.2 Å². The molecule has 9 nitrogen and oxygen atoms in total. The van der Waals surface area contributed by atoms with Gasteiger partial charge in [-0.1, -0.05) is 12.1 Å². The monoisotopic (exact) mass is 476 g/mol. The number of nitrogens with zero attached hydrogens (tertiary/aromatic N) is 4. The van der Waals surface area contributed by atoms with E-state index in [0.29, 0.717) is 54.4 Å². The van der Waals surface area contributed by atoms with Crippen LogP contribution in [0.5, 0.6) is 5.75 Å². The number of rotatable bonds is 7. The van der Waals surface area contributed by atoms with Crippen LogP contribution in [-0.4, -0.2) is 37.7 Å². The second-order valence-corrected chi connectivity index (χ2v) is 8.51. The van der Waals surface area contributed by atoms with Gasteiger partial charge in [-0.2, -0.15) is 4.98 Å². The Morgan fingerprint density at radius 3 is 2.49 bits per heavy atom. The Balaban J connectivity index is 1.51. The minimum Gasteiger partial charge on any atom is -0.497 e. The van der Waals surface area contributed by atoms with Gasteiger partial charge in [0, 0.05) is 11.7 Å². The maximum Gasteiger partial charge on any atom is 0.306 e. The van der Waals surface area contributed by atoms with Crippen LogP contribution in [0.4, 0.5) is 27.7 Å². The molecule has 3 N–H and O–H groups in total. The van der Waals surface area contributed by atoms with Crippen LogP contribution in [0.3, 0.4) is 0 Å². The van der Waals surface area contributed by atoms with Gasteiger partial charge in [0.1, 0.15) is 17.1 Å². The number of aliphatic carboxylic acids is 1. The minimum absolute atomic E-state index is 0.0337. The number of carboxylic acids is 1. The van der Waals surface area contributed by atoms with Crippen molar-refractivity contribution in [3.63, 3.8) is 0 Å². The first-order valence-corrected chi connectivity index (χ1v) is 11.4. The number of carbonyl (C=O) groups is 1. The second-order valence-electron chi connectivity index (χ2n) is 8.51. The van der Waals surface area contributed by atoms with Crippen molar-refractivity contribution in [1.82, 2.24) is 19.5 Å². The normalized spacial score (nSPS) is 17.8. The molecule has 180 valence electrons. The molecule has 0 atom stereocenters. The number of hydrogen-bond acceptors (Lipinski definition) is 7. The van der Waals surface area contributed by atoms with Crippen LogP contribution in [0.1, 0.15) is 31.7 Å². The molecule has 0 radical (unpaired) electrons. The highest BCUT2D eigenvalue weighted by Gasteiger charge is 2.30. The zero-order valence-electron chi connectivity index (χ0n) is 19.1. The van der Waals surface area contributed by atoms with E-state index in [1.807, 2.05) is 28.8 Å². The number of methoxy groups -OCH3 is 1. The van der Waals surface area contributed by atoms with Crippen molar-refractivity contribution in [3.8, 4) is 5.75 Å². The SMILES string of the molecule is COc1ccc(Nc2ncc3nc(Nc4ccccc4F)n(C4CCC(C(=O)O)CC4)c3n2)cc1. The molecule has 35 heavy (non-hydrogen) atoms. The molecule has 4 aromatic rings. The summed E-state index contributed by atoms with van der Waals surface area (Å²) in [7, 11) is 1.61. The van der Waals surface area contributed by atoms with E-state index in [2.05, 4.69) is 20.6 Å². The lowest BCUT2D eigenvalue weighted by molar-refractivity contribution is -0.143. The summed E-state index contributed by atoms with van der Waals surface area (Å²) in [4.78, 5) is 25.2. The molecule has 0 spiro atoms. The smallest absolute Gasteiger partial charge is 0.306 e. The maximum absolute atomic E-state index is 14.4. The molecular weight excluding hydrogens is 451 g/mol. The highest BCUT2D eigenvalue weighted by molar-refractivity contribution is 5.77. The molecule has 1 fully saturated rings. The summed E-state index contributed by atoms with van der Waals surface area (Å²) in [5.74, 6) is 0.0580. The first kappa shape index (κ1) is 22.6. The van der Waals surface area contributed by atoms with Gasteiger partial charge in [0.05, 0.1) is 24.9 Å². The van der Waals surface area contributed by atoms with Crippen molar-refractivity contribution in [2.75, 3.05) is 17.7 Å². The van der Waals surface area contributed by atoms with Crippen LogP contribution in [0, 0.1) is 11.7 Å². The first-order valence-electron chi connectivity index (χ1n) is 11.4. The Morgan fingerprint density at radius 2 is 1.80 bits per heavy atom. The quantitative estimate of drug-likeness (QED) is 0.330. The number of hydrogen-bond donors (Lipinski definition) is 3. The second kappa shape index (κ2) is 9.57. The predicted molar refractivity (Wildman–Crippen MR) is 130 cm³/mol. The van der Waals surface area contributed by atoms with Crippen molar-refractivity contribution >= 4 is 40.4 Å². The van der Waals surface area contributed by atoms with Crippen LogP contribution >= 0.6 is 0 Å². The summed E-state index contributed by atoms with van der Waals surface area (Å²) < 4.78 is 21.5. The summed E-state index contributed by atoms with van der Waals surface area (Å²) in [6.45, 7) is 0. The van der Waals surface area contributed by atoms with E-state index in [1.165, 1.54) is 6.07 Å². The molecule has 0 saturated heterocycles. The molecule has 0 amide bonds. The molecular formula is C25H25FN6O3. The third-order valence-corrected chi connectivity index (χ3v) is 6.31. The Labute approximate surface area is 201 Å². The van der Waals surface area contributed by atoms with Crippen molar-refractivity contribution < 1.29 is 19.0 Å². The highest BCUT2D eigenvalue weighted by Crippen LogP contribution is 2.37. The van der Waals surface area contributed by atoms with E-state index in [-0.39, 0.29) is 12.0 Å². The molecule has 2 aromatic heterocycles. The van der Waals surface area contributed by atoms with Gasteiger partial charge in [-0.3, -0.25) is 9.36 Å². The lowest BCUT2D eigenvalue weighted by Gasteiger charge is -2.28. The summed E-state index contributed by atoms with van der Waals surface area (Å²) in [6.07, 6.45) is 4.04. The lowest BCUT2D eigenvalue weighted by Crippen LogP contribution is -2.24. The molecule has 1 saturated carbocycles. The van der Waals surface area contributed by atoms with E-state index in [4.69, 9.17) is 9.72 Å². The maximum atomic E-state index is 14.4. The topological polar surface area (TPSA) is 114 Å². The van der Waals surface area contributed by atoms with E-state index < -0.39 is 11.8 Å². The third-order valence-electron chi connectivity index (χ3n) is 6.31.